The van der Waals surface area contributed by atoms with Crippen molar-refractivity contribution in [1.82, 2.24) is 4.90 Å². The molecule has 0 amide bonds. The Labute approximate surface area is 126 Å². The van der Waals surface area contributed by atoms with E-state index in [1.54, 1.807) is 18.2 Å². The third-order valence-electron chi connectivity index (χ3n) is 3.81. The van der Waals surface area contributed by atoms with Gasteiger partial charge in [0, 0.05) is 26.3 Å². The van der Waals surface area contributed by atoms with Gasteiger partial charge in [0.2, 0.25) is 0 Å². The lowest BCUT2D eigenvalue weighted by atomic mass is 9.80. The van der Waals surface area contributed by atoms with Crippen LogP contribution in [0.4, 0.5) is 0 Å². The van der Waals surface area contributed by atoms with E-state index in [2.05, 4.69) is 11.9 Å². The highest BCUT2D eigenvalue weighted by molar-refractivity contribution is 6.58. The molecule has 0 atom stereocenters. The lowest BCUT2D eigenvalue weighted by molar-refractivity contribution is 0.0543. The summed E-state index contributed by atoms with van der Waals surface area (Å²) in [5.41, 5.74) is 0.447. The van der Waals surface area contributed by atoms with Crippen LogP contribution in [0.5, 0.6) is 5.75 Å². The van der Waals surface area contributed by atoms with Crippen LogP contribution >= 0.6 is 0 Å². The molecule has 1 aromatic rings. The monoisotopic (exact) mass is 293 g/mol. The number of ether oxygens (including phenoxy) is 2. The molecule has 21 heavy (non-hydrogen) atoms. The quantitative estimate of drug-likeness (QED) is 0.698. The largest absolute Gasteiger partial charge is 0.492 e. The minimum Gasteiger partial charge on any atom is -0.492 e. The molecule has 2 rings (SSSR count). The maximum Gasteiger partial charge on any atom is 0.488 e. The normalized spacial score (nSPS) is 16.2. The Hall–Kier alpha value is -1.08. The Morgan fingerprint density at radius 1 is 1.33 bits per heavy atom. The van der Waals surface area contributed by atoms with Gasteiger partial charge in [0.25, 0.3) is 0 Å². The molecule has 116 valence electrons. The molecule has 5 nitrogen and oxygen atoms in total. The first-order valence-electron chi connectivity index (χ1n) is 7.50. The second-order valence-electron chi connectivity index (χ2n) is 5.61. The predicted molar refractivity (Wildman–Crippen MR) is 82.8 cm³/mol. The number of hydrogen-bond acceptors (Lipinski definition) is 5. The first-order chi connectivity index (χ1) is 10.1. The van der Waals surface area contributed by atoms with E-state index in [-0.39, 0.29) is 0 Å². The molecule has 1 heterocycles. The second kappa shape index (κ2) is 8.39. The SMILES string of the molecule is CN(CCOc1cccc(B(O)O)c1)CC1CCOCC1. The molecule has 0 saturated carbocycles. The summed E-state index contributed by atoms with van der Waals surface area (Å²) < 4.78 is 11.0. The fourth-order valence-corrected chi connectivity index (χ4v) is 2.55. The molecule has 1 fully saturated rings. The number of hydrogen-bond donors (Lipinski definition) is 2. The van der Waals surface area contributed by atoms with Crippen LogP contribution in [0.15, 0.2) is 24.3 Å². The first-order valence-corrected chi connectivity index (χ1v) is 7.50. The fraction of sp³-hybridized carbons (Fsp3) is 0.600. The van der Waals surface area contributed by atoms with Crippen molar-refractivity contribution in [2.75, 3.05) is 40.0 Å². The van der Waals surface area contributed by atoms with Crippen molar-refractivity contribution < 1.29 is 19.5 Å². The van der Waals surface area contributed by atoms with Gasteiger partial charge in [-0.2, -0.15) is 0 Å². The van der Waals surface area contributed by atoms with E-state index in [4.69, 9.17) is 19.5 Å². The molecule has 0 bridgehead atoms. The Kier molecular flexibility index (Phi) is 6.51. The molecular formula is C15H24BNO4. The lowest BCUT2D eigenvalue weighted by Gasteiger charge is -2.27. The summed E-state index contributed by atoms with van der Waals surface area (Å²) in [6.45, 7) is 4.27. The van der Waals surface area contributed by atoms with Gasteiger partial charge in [-0.15, -0.1) is 0 Å². The van der Waals surface area contributed by atoms with Crippen molar-refractivity contribution in [2.45, 2.75) is 12.8 Å². The van der Waals surface area contributed by atoms with E-state index >= 15 is 0 Å². The van der Waals surface area contributed by atoms with Gasteiger partial charge in [-0.25, -0.2) is 0 Å². The zero-order valence-corrected chi connectivity index (χ0v) is 12.6. The highest BCUT2D eigenvalue weighted by Crippen LogP contribution is 2.15. The Morgan fingerprint density at radius 2 is 2.10 bits per heavy atom. The molecule has 0 radical (unpaired) electrons. The van der Waals surface area contributed by atoms with Gasteiger partial charge >= 0.3 is 7.12 Å². The first kappa shape index (κ1) is 16.3. The van der Waals surface area contributed by atoms with Crippen molar-refractivity contribution in [1.29, 1.82) is 0 Å². The average molecular weight is 293 g/mol. The van der Waals surface area contributed by atoms with E-state index in [1.807, 2.05) is 6.07 Å². The standard InChI is InChI=1S/C15H24BNO4/c1-17(12-13-5-8-20-9-6-13)7-10-21-15-4-2-3-14(11-15)16(18)19/h2-4,11,13,18-19H,5-10,12H2,1H3. The zero-order valence-electron chi connectivity index (χ0n) is 12.6. The van der Waals surface area contributed by atoms with Gasteiger partial charge < -0.3 is 24.4 Å². The van der Waals surface area contributed by atoms with Gasteiger partial charge in [-0.3, -0.25) is 0 Å². The molecule has 1 aliphatic heterocycles. The van der Waals surface area contributed by atoms with Crippen LogP contribution in [0.3, 0.4) is 0 Å². The van der Waals surface area contributed by atoms with Gasteiger partial charge in [0.1, 0.15) is 12.4 Å². The van der Waals surface area contributed by atoms with E-state index in [9.17, 15) is 0 Å². The summed E-state index contributed by atoms with van der Waals surface area (Å²) in [4.78, 5) is 2.28. The topological polar surface area (TPSA) is 62.2 Å². The molecule has 1 aliphatic rings. The summed E-state index contributed by atoms with van der Waals surface area (Å²) in [5, 5.41) is 18.3. The van der Waals surface area contributed by atoms with E-state index in [1.165, 1.54) is 0 Å². The molecule has 0 aromatic heterocycles. The highest BCUT2D eigenvalue weighted by atomic mass is 16.5. The Bertz CT molecular complexity index is 424. The molecule has 1 aromatic carbocycles. The van der Waals surface area contributed by atoms with Crippen LogP contribution in [0.25, 0.3) is 0 Å². The van der Waals surface area contributed by atoms with Gasteiger partial charge in [0.15, 0.2) is 0 Å². The van der Waals surface area contributed by atoms with Gasteiger partial charge in [-0.1, -0.05) is 12.1 Å². The van der Waals surface area contributed by atoms with Crippen molar-refractivity contribution >= 4 is 12.6 Å². The van der Waals surface area contributed by atoms with Crippen molar-refractivity contribution in [3.8, 4) is 5.75 Å². The van der Waals surface area contributed by atoms with Crippen LogP contribution in [0, 0.1) is 5.92 Å². The molecule has 0 spiro atoms. The third-order valence-corrected chi connectivity index (χ3v) is 3.81. The maximum atomic E-state index is 9.13. The fourth-order valence-electron chi connectivity index (χ4n) is 2.55. The minimum absolute atomic E-state index is 0.447. The summed E-state index contributed by atoms with van der Waals surface area (Å²) in [7, 11) is 0.650. The van der Waals surface area contributed by atoms with Gasteiger partial charge in [-0.05, 0) is 43.4 Å². The summed E-state index contributed by atoms with van der Waals surface area (Å²) in [6.07, 6.45) is 2.28. The molecule has 2 N–H and O–H groups in total. The Balaban J connectivity index is 1.69. The van der Waals surface area contributed by atoms with Crippen molar-refractivity contribution in [3.63, 3.8) is 0 Å². The number of benzene rings is 1. The zero-order chi connectivity index (χ0) is 15.1. The van der Waals surface area contributed by atoms with Gasteiger partial charge in [0.05, 0.1) is 0 Å². The summed E-state index contributed by atoms with van der Waals surface area (Å²) in [5.74, 6) is 1.39. The van der Waals surface area contributed by atoms with E-state index in [0.717, 1.165) is 45.1 Å². The van der Waals surface area contributed by atoms with E-state index < -0.39 is 7.12 Å². The highest BCUT2D eigenvalue weighted by Gasteiger charge is 2.15. The summed E-state index contributed by atoms with van der Waals surface area (Å²) >= 11 is 0. The number of rotatable bonds is 7. The second-order valence-corrected chi connectivity index (χ2v) is 5.61. The summed E-state index contributed by atoms with van der Waals surface area (Å²) in [6, 6.07) is 6.90. The molecule has 1 saturated heterocycles. The van der Waals surface area contributed by atoms with Crippen molar-refractivity contribution in [3.05, 3.63) is 24.3 Å². The lowest BCUT2D eigenvalue weighted by Crippen LogP contribution is -2.32. The smallest absolute Gasteiger partial charge is 0.488 e. The molecule has 0 unspecified atom stereocenters. The number of likely N-dealkylation sites (N-methyl/N-ethyl adjacent to an activating group) is 1. The van der Waals surface area contributed by atoms with Crippen LogP contribution in [-0.4, -0.2) is 62.0 Å². The maximum absolute atomic E-state index is 9.13. The molecule has 6 heteroatoms. The van der Waals surface area contributed by atoms with Crippen LogP contribution in [0.2, 0.25) is 0 Å². The van der Waals surface area contributed by atoms with Crippen molar-refractivity contribution in [2.24, 2.45) is 5.92 Å². The minimum atomic E-state index is -1.45. The number of nitrogens with zero attached hydrogens (tertiary/aromatic N) is 1. The van der Waals surface area contributed by atoms with E-state index in [0.29, 0.717) is 17.8 Å². The van der Waals surface area contributed by atoms with Crippen LogP contribution in [0.1, 0.15) is 12.8 Å². The molecular weight excluding hydrogens is 269 g/mol. The average Bonchev–Trinajstić information content (AvgIpc) is 2.48. The van der Waals surface area contributed by atoms with Crippen LogP contribution in [-0.2, 0) is 4.74 Å². The van der Waals surface area contributed by atoms with Crippen LogP contribution < -0.4 is 10.2 Å². The predicted octanol–water partition coefficient (Wildman–Crippen LogP) is 0.104. The molecule has 0 aliphatic carbocycles. The third kappa shape index (κ3) is 5.67. The Morgan fingerprint density at radius 3 is 2.81 bits per heavy atom.